The summed E-state index contributed by atoms with van der Waals surface area (Å²) in [4.78, 5) is 19.7. The summed E-state index contributed by atoms with van der Waals surface area (Å²) in [5, 5.41) is 11.2. The van der Waals surface area contributed by atoms with E-state index in [0.717, 1.165) is 5.56 Å². The predicted molar refractivity (Wildman–Crippen MR) is 114 cm³/mol. The summed E-state index contributed by atoms with van der Waals surface area (Å²) in [7, 11) is 0. The van der Waals surface area contributed by atoms with Gasteiger partial charge in [-0.3, -0.25) is 4.79 Å². The molecule has 1 heterocycles. The van der Waals surface area contributed by atoms with Crippen LogP contribution >= 0.6 is 0 Å². The predicted octanol–water partition coefficient (Wildman–Crippen LogP) is 2.94. The molecule has 2 rings (SSSR count). The van der Waals surface area contributed by atoms with E-state index in [1.807, 2.05) is 0 Å². The van der Waals surface area contributed by atoms with Gasteiger partial charge in [-0.2, -0.15) is 5.26 Å². The highest BCUT2D eigenvalue weighted by Crippen LogP contribution is 2.33. The third kappa shape index (κ3) is 5.81. The molecule has 0 atom stereocenters. The van der Waals surface area contributed by atoms with E-state index in [9.17, 15) is 4.79 Å². The number of nitrogens with zero attached hydrogens (tertiary/aromatic N) is 3. The summed E-state index contributed by atoms with van der Waals surface area (Å²) in [5.74, 6) is 1.12. The molecule has 1 amide bonds. The molecule has 0 aliphatic rings. The van der Waals surface area contributed by atoms with Crippen LogP contribution in [0.1, 0.15) is 0 Å². The molecule has 0 radical (unpaired) electrons. The number of aromatic nitrogens is 2. The maximum Gasteiger partial charge on any atom is 0.261 e. The van der Waals surface area contributed by atoms with Crippen LogP contribution in [0.5, 0.6) is 11.6 Å². The highest BCUT2D eigenvalue weighted by molar-refractivity contribution is 5.96. The van der Waals surface area contributed by atoms with Gasteiger partial charge in [-0.15, -0.1) is 0 Å². The van der Waals surface area contributed by atoms with E-state index in [4.69, 9.17) is 20.5 Å². The van der Waals surface area contributed by atoms with Crippen molar-refractivity contribution >= 4 is 11.7 Å². The molecular weight excluding hydrogens is 382 g/mol. The number of ether oxygens (including phenoxy) is 2. The Morgan fingerprint density at radius 3 is 2.63 bits per heavy atom. The molecule has 0 fully saturated rings. The normalized spacial score (nSPS) is 10.4. The lowest BCUT2D eigenvalue weighted by atomic mass is 10.1. The third-order valence-electron chi connectivity index (χ3n) is 3.74. The lowest BCUT2D eigenvalue weighted by Gasteiger charge is -2.13. The number of carbonyl (C=O) groups excluding carboxylic acids is 1. The lowest BCUT2D eigenvalue weighted by Crippen LogP contribution is -2.28. The van der Waals surface area contributed by atoms with E-state index >= 15 is 0 Å². The van der Waals surface area contributed by atoms with Crippen molar-refractivity contribution in [2.24, 2.45) is 0 Å². The molecule has 1 aromatic carbocycles. The minimum Gasteiger partial charge on any atom is -0.475 e. The van der Waals surface area contributed by atoms with Crippen LogP contribution in [0, 0.1) is 11.3 Å². The number of hydrogen-bond acceptors (Lipinski definition) is 7. The van der Waals surface area contributed by atoms with Crippen LogP contribution < -0.4 is 20.5 Å². The van der Waals surface area contributed by atoms with E-state index in [1.54, 1.807) is 48.6 Å². The van der Waals surface area contributed by atoms with E-state index < -0.39 is 5.91 Å². The zero-order chi connectivity index (χ0) is 21.9. The van der Waals surface area contributed by atoms with Gasteiger partial charge in [-0.05, 0) is 29.8 Å². The topological polar surface area (TPSA) is 123 Å². The molecule has 152 valence electrons. The van der Waals surface area contributed by atoms with Crippen molar-refractivity contribution in [2.45, 2.75) is 0 Å². The monoisotopic (exact) mass is 403 g/mol. The fourth-order valence-corrected chi connectivity index (χ4v) is 2.32. The van der Waals surface area contributed by atoms with Gasteiger partial charge >= 0.3 is 0 Å². The first-order valence-corrected chi connectivity index (χ1v) is 8.84. The average molecular weight is 403 g/mol. The number of allylic oxidation sites excluding steroid dienone is 3. The molecule has 1 aromatic heterocycles. The zero-order valence-electron chi connectivity index (χ0n) is 16.3. The molecule has 0 aliphatic carbocycles. The molecule has 0 bridgehead atoms. The van der Waals surface area contributed by atoms with Crippen LogP contribution in [0.25, 0.3) is 11.1 Å². The minimum absolute atomic E-state index is 0.115. The van der Waals surface area contributed by atoms with Crippen LogP contribution in [0.15, 0.2) is 79.9 Å². The molecule has 0 spiro atoms. The van der Waals surface area contributed by atoms with E-state index in [-0.39, 0.29) is 30.4 Å². The summed E-state index contributed by atoms with van der Waals surface area (Å²) < 4.78 is 11.4. The Labute approximate surface area is 174 Å². The summed E-state index contributed by atoms with van der Waals surface area (Å²) in [6.07, 6.45) is 6.17. The third-order valence-corrected chi connectivity index (χ3v) is 3.74. The molecular formula is C22H21N5O3. The number of anilines is 1. The van der Waals surface area contributed by atoms with Crippen molar-refractivity contribution in [3.63, 3.8) is 0 Å². The molecule has 30 heavy (non-hydrogen) atoms. The van der Waals surface area contributed by atoms with Crippen molar-refractivity contribution in [1.29, 1.82) is 5.26 Å². The summed E-state index contributed by atoms with van der Waals surface area (Å²) in [5.41, 5.74) is 7.10. The Morgan fingerprint density at radius 2 is 2.00 bits per heavy atom. The molecule has 0 unspecified atom stereocenters. The number of amides is 1. The highest BCUT2D eigenvalue weighted by Gasteiger charge is 2.14. The quantitative estimate of drug-likeness (QED) is 0.205. The number of nitrogen functional groups attached to an aromatic ring is 1. The van der Waals surface area contributed by atoms with E-state index in [1.165, 1.54) is 6.33 Å². The Balaban J connectivity index is 2.12. The number of nitrogens with one attached hydrogen (secondary N) is 1. The average Bonchev–Trinajstić information content (AvgIpc) is 2.76. The molecule has 0 saturated carbocycles. The van der Waals surface area contributed by atoms with Crippen molar-refractivity contribution < 1.29 is 14.3 Å². The van der Waals surface area contributed by atoms with Gasteiger partial charge in [0.2, 0.25) is 5.88 Å². The highest BCUT2D eigenvalue weighted by atomic mass is 16.5. The fourth-order valence-electron chi connectivity index (χ4n) is 2.32. The first-order chi connectivity index (χ1) is 14.5. The molecule has 0 saturated heterocycles. The fraction of sp³-hybridized carbons (Fsp3) is 0.0909. The first-order valence-electron chi connectivity index (χ1n) is 8.84. The van der Waals surface area contributed by atoms with Gasteiger partial charge < -0.3 is 20.5 Å². The Hall–Kier alpha value is -4.38. The second-order valence-electron chi connectivity index (χ2n) is 5.77. The number of nitrogens with two attached hydrogens (primary N) is 1. The van der Waals surface area contributed by atoms with Gasteiger partial charge in [0.15, 0.2) is 0 Å². The Kier molecular flexibility index (Phi) is 7.91. The Morgan fingerprint density at radius 1 is 1.27 bits per heavy atom. The number of hydrogen-bond donors (Lipinski definition) is 2. The van der Waals surface area contributed by atoms with Crippen molar-refractivity contribution in [3.05, 3.63) is 79.9 Å². The van der Waals surface area contributed by atoms with Crippen molar-refractivity contribution in [2.75, 3.05) is 18.9 Å². The van der Waals surface area contributed by atoms with Gasteiger partial charge in [0, 0.05) is 0 Å². The van der Waals surface area contributed by atoms with Crippen LogP contribution in [0.2, 0.25) is 0 Å². The largest absolute Gasteiger partial charge is 0.475 e. The summed E-state index contributed by atoms with van der Waals surface area (Å²) >= 11 is 0. The molecule has 2 aromatic rings. The lowest BCUT2D eigenvalue weighted by molar-refractivity contribution is -0.117. The van der Waals surface area contributed by atoms with Gasteiger partial charge in [0.25, 0.3) is 5.91 Å². The number of nitriles is 1. The molecule has 8 heteroatoms. The molecule has 8 nitrogen and oxygen atoms in total. The van der Waals surface area contributed by atoms with E-state index in [0.29, 0.717) is 17.1 Å². The maximum absolute atomic E-state index is 11.5. The summed E-state index contributed by atoms with van der Waals surface area (Å²) in [6.45, 7) is 10.9. The second-order valence-corrected chi connectivity index (χ2v) is 5.77. The number of rotatable bonds is 10. The SMILES string of the molecule is C=CC=C(C=C)Oc1ccc(-c2c(N)ncnc2OCCNC(=O)C(=C)C#N)cc1. The van der Waals surface area contributed by atoms with Gasteiger partial charge in [0.05, 0.1) is 12.1 Å². The van der Waals surface area contributed by atoms with Gasteiger partial charge in [-0.1, -0.05) is 37.9 Å². The van der Waals surface area contributed by atoms with Crippen LogP contribution in [0.4, 0.5) is 5.82 Å². The van der Waals surface area contributed by atoms with Crippen molar-refractivity contribution in [3.8, 4) is 28.8 Å². The number of benzene rings is 1. The van der Waals surface area contributed by atoms with E-state index in [2.05, 4.69) is 35.0 Å². The molecule has 0 aliphatic heterocycles. The smallest absolute Gasteiger partial charge is 0.261 e. The molecule has 3 N–H and O–H groups in total. The minimum atomic E-state index is -0.552. The zero-order valence-corrected chi connectivity index (χ0v) is 16.3. The first kappa shape index (κ1) is 21.9. The standard InChI is InChI=1S/C22H21N5O3/c1-4-6-17(5-2)30-18-9-7-16(8-10-18)19-20(24)26-14-27-22(19)29-12-11-25-21(28)15(3)13-23/h4-10,14H,1-3,11-12H2,(H,25,28)(H2,24,26,27). The Bertz CT molecular complexity index is 1020. The van der Waals surface area contributed by atoms with Gasteiger partial charge in [-0.25, -0.2) is 9.97 Å². The number of carbonyl (C=O) groups is 1. The maximum atomic E-state index is 11.5. The van der Waals surface area contributed by atoms with Crippen LogP contribution in [-0.4, -0.2) is 29.0 Å². The second kappa shape index (κ2) is 10.8. The van der Waals surface area contributed by atoms with Crippen LogP contribution in [-0.2, 0) is 4.79 Å². The van der Waals surface area contributed by atoms with Gasteiger partial charge in [0.1, 0.15) is 41.9 Å². The van der Waals surface area contributed by atoms with Crippen molar-refractivity contribution in [1.82, 2.24) is 15.3 Å². The summed E-state index contributed by atoms with van der Waals surface area (Å²) in [6, 6.07) is 8.80. The van der Waals surface area contributed by atoms with Crippen LogP contribution in [0.3, 0.4) is 0 Å².